The maximum Gasteiger partial charge on any atom is 0.264 e. The van der Waals surface area contributed by atoms with Gasteiger partial charge in [0.1, 0.15) is 12.6 Å². The highest BCUT2D eigenvalue weighted by atomic mass is 35.5. The van der Waals surface area contributed by atoms with E-state index in [1.165, 1.54) is 49.5 Å². The van der Waals surface area contributed by atoms with Gasteiger partial charge in [-0.3, -0.25) is 13.9 Å². The van der Waals surface area contributed by atoms with Crippen molar-refractivity contribution in [3.8, 4) is 11.5 Å². The summed E-state index contributed by atoms with van der Waals surface area (Å²) in [6.07, 6.45) is 0. The summed E-state index contributed by atoms with van der Waals surface area (Å²) in [7, 11) is -1.44. The normalized spacial score (nSPS) is 12.0. The van der Waals surface area contributed by atoms with E-state index < -0.39 is 28.5 Å². The van der Waals surface area contributed by atoms with Gasteiger partial charge in [0.05, 0.1) is 24.8 Å². The SMILES string of the molecule is COc1ccc(S(=O)(=O)N(CC(=O)N(Cc2ccc(C)cc2)[C@H](C)C(=O)NCC(C)C)c2ccc(Cl)cc2)cc1OC. The minimum atomic E-state index is -4.29. The number of anilines is 1. The summed E-state index contributed by atoms with van der Waals surface area (Å²) in [5, 5.41) is 3.29. The van der Waals surface area contributed by atoms with Gasteiger partial charge in [-0.1, -0.05) is 55.3 Å². The van der Waals surface area contributed by atoms with Crippen LogP contribution in [0.3, 0.4) is 0 Å². The monoisotopic (exact) mass is 615 g/mol. The van der Waals surface area contributed by atoms with Crippen LogP contribution in [0.1, 0.15) is 31.9 Å². The standard InChI is InChI=1S/C31H38ClN3O6S/c1-21(2)18-33-31(37)23(4)34(19-24-9-7-22(3)8-10-24)30(36)20-35(26-13-11-25(32)12-14-26)42(38,39)27-15-16-28(40-5)29(17-27)41-6/h7-17,21,23H,18-20H2,1-6H3,(H,33,37)/t23-/m1/s1. The topological polar surface area (TPSA) is 105 Å². The molecule has 9 nitrogen and oxygen atoms in total. The lowest BCUT2D eigenvalue weighted by molar-refractivity contribution is -0.139. The molecule has 1 N–H and O–H groups in total. The molecule has 3 aromatic carbocycles. The number of hydrogen-bond donors (Lipinski definition) is 1. The molecule has 11 heteroatoms. The van der Waals surface area contributed by atoms with Crippen LogP contribution < -0.4 is 19.1 Å². The highest BCUT2D eigenvalue weighted by molar-refractivity contribution is 7.92. The third-order valence-corrected chi connectivity index (χ3v) is 8.68. The molecule has 0 fully saturated rings. The van der Waals surface area contributed by atoms with E-state index in [4.69, 9.17) is 21.1 Å². The molecule has 0 unspecified atom stereocenters. The summed E-state index contributed by atoms with van der Waals surface area (Å²) in [5.41, 5.74) is 2.09. The van der Waals surface area contributed by atoms with Crippen molar-refractivity contribution >= 4 is 39.1 Å². The molecule has 0 saturated carbocycles. The second-order valence-corrected chi connectivity index (χ2v) is 12.6. The fourth-order valence-electron chi connectivity index (χ4n) is 4.17. The fourth-order valence-corrected chi connectivity index (χ4v) is 5.72. The molecule has 3 rings (SSSR count). The number of halogens is 1. The van der Waals surface area contributed by atoms with Crippen LogP contribution in [0.2, 0.25) is 5.02 Å². The number of hydrogen-bond acceptors (Lipinski definition) is 6. The summed E-state index contributed by atoms with van der Waals surface area (Å²) in [4.78, 5) is 28.4. The Bertz CT molecular complexity index is 1480. The van der Waals surface area contributed by atoms with Crippen molar-refractivity contribution < 1.29 is 27.5 Å². The van der Waals surface area contributed by atoms with Gasteiger partial charge in [0, 0.05) is 24.2 Å². The van der Waals surface area contributed by atoms with Crippen molar-refractivity contribution in [3.63, 3.8) is 0 Å². The van der Waals surface area contributed by atoms with E-state index in [1.54, 1.807) is 19.1 Å². The number of carbonyl (C=O) groups excluding carboxylic acids is 2. The molecule has 0 bridgehead atoms. The Kier molecular flexibility index (Phi) is 11.2. The Morgan fingerprint density at radius 1 is 0.905 bits per heavy atom. The average molecular weight is 616 g/mol. The predicted octanol–water partition coefficient (Wildman–Crippen LogP) is 5.05. The van der Waals surface area contributed by atoms with Crippen LogP contribution in [-0.4, -0.2) is 58.5 Å². The number of rotatable bonds is 13. The fraction of sp³-hybridized carbons (Fsp3) is 0.355. The number of nitrogens with zero attached hydrogens (tertiary/aromatic N) is 2. The first-order chi connectivity index (χ1) is 19.9. The van der Waals surface area contributed by atoms with Crippen LogP contribution in [0.4, 0.5) is 5.69 Å². The Morgan fingerprint density at radius 3 is 2.10 bits per heavy atom. The average Bonchev–Trinajstić information content (AvgIpc) is 2.97. The van der Waals surface area contributed by atoms with Crippen LogP contribution in [0.5, 0.6) is 11.5 Å². The van der Waals surface area contributed by atoms with Gasteiger partial charge in [0.15, 0.2) is 11.5 Å². The van der Waals surface area contributed by atoms with Crippen molar-refractivity contribution in [2.75, 3.05) is 31.6 Å². The van der Waals surface area contributed by atoms with Crippen molar-refractivity contribution in [1.29, 1.82) is 0 Å². The first-order valence-corrected chi connectivity index (χ1v) is 15.3. The van der Waals surface area contributed by atoms with E-state index in [1.807, 2.05) is 45.0 Å². The van der Waals surface area contributed by atoms with Crippen molar-refractivity contribution in [2.45, 2.75) is 45.2 Å². The summed E-state index contributed by atoms with van der Waals surface area (Å²) >= 11 is 6.09. The first-order valence-electron chi connectivity index (χ1n) is 13.5. The van der Waals surface area contributed by atoms with Gasteiger partial charge in [0.25, 0.3) is 10.0 Å². The van der Waals surface area contributed by atoms with Gasteiger partial charge in [-0.15, -0.1) is 0 Å². The van der Waals surface area contributed by atoms with Gasteiger partial charge in [0.2, 0.25) is 11.8 Å². The number of methoxy groups -OCH3 is 2. The molecule has 0 radical (unpaired) electrons. The largest absolute Gasteiger partial charge is 0.493 e. The zero-order valence-electron chi connectivity index (χ0n) is 24.8. The third-order valence-electron chi connectivity index (χ3n) is 6.66. The molecule has 0 spiro atoms. The van der Waals surface area contributed by atoms with Crippen LogP contribution in [0.25, 0.3) is 0 Å². The lowest BCUT2D eigenvalue weighted by Gasteiger charge is -2.32. The number of nitrogens with one attached hydrogen (secondary N) is 1. The highest BCUT2D eigenvalue weighted by Gasteiger charge is 2.33. The van der Waals surface area contributed by atoms with Gasteiger partial charge in [-0.05, 0) is 61.7 Å². The number of sulfonamides is 1. The molecule has 226 valence electrons. The van der Waals surface area contributed by atoms with E-state index >= 15 is 0 Å². The smallest absolute Gasteiger partial charge is 0.264 e. The molecular weight excluding hydrogens is 578 g/mol. The summed E-state index contributed by atoms with van der Waals surface area (Å²) < 4.78 is 39.7. The van der Waals surface area contributed by atoms with Crippen LogP contribution in [0.15, 0.2) is 71.6 Å². The molecule has 0 saturated heterocycles. The van der Waals surface area contributed by atoms with Crippen LogP contribution >= 0.6 is 11.6 Å². The quantitative estimate of drug-likeness (QED) is 0.289. The van der Waals surface area contributed by atoms with Gasteiger partial charge < -0.3 is 19.7 Å². The molecular formula is C31H38ClN3O6S. The molecule has 1 atom stereocenters. The zero-order chi connectivity index (χ0) is 31.0. The van der Waals surface area contributed by atoms with E-state index in [2.05, 4.69) is 5.32 Å². The maximum absolute atomic E-state index is 14.1. The molecule has 2 amide bonds. The molecule has 0 heterocycles. The van der Waals surface area contributed by atoms with E-state index in [0.717, 1.165) is 15.4 Å². The Balaban J connectivity index is 2.04. The second-order valence-electron chi connectivity index (χ2n) is 10.3. The Morgan fingerprint density at radius 2 is 1.52 bits per heavy atom. The first kappa shape index (κ1) is 32.8. The number of ether oxygens (including phenoxy) is 2. The Hall–Kier alpha value is -3.76. The van der Waals surface area contributed by atoms with Gasteiger partial charge in [-0.2, -0.15) is 0 Å². The van der Waals surface area contributed by atoms with Crippen molar-refractivity contribution in [3.05, 3.63) is 82.9 Å². The second kappa shape index (κ2) is 14.4. The van der Waals surface area contributed by atoms with Crippen molar-refractivity contribution in [1.82, 2.24) is 10.2 Å². The lowest BCUT2D eigenvalue weighted by atomic mass is 10.1. The maximum atomic E-state index is 14.1. The Labute approximate surface area is 253 Å². The minimum absolute atomic E-state index is 0.101. The van der Waals surface area contributed by atoms with E-state index in [9.17, 15) is 18.0 Å². The molecule has 42 heavy (non-hydrogen) atoms. The molecule has 0 aliphatic heterocycles. The molecule has 0 aliphatic carbocycles. The number of amides is 2. The number of aryl methyl sites for hydroxylation is 1. The summed E-state index contributed by atoms with van der Waals surface area (Å²) in [6, 6.07) is 17.1. The lowest BCUT2D eigenvalue weighted by Crippen LogP contribution is -2.51. The number of carbonyl (C=O) groups is 2. The third kappa shape index (κ3) is 8.17. The zero-order valence-corrected chi connectivity index (χ0v) is 26.3. The summed E-state index contributed by atoms with van der Waals surface area (Å²) in [6.45, 7) is 7.54. The highest BCUT2D eigenvalue weighted by Crippen LogP contribution is 2.32. The molecule has 3 aromatic rings. The van der Waals surface area contributed by atoms with Crippen LogP contribution in [-0.2, 0) is 26.2 Å². The molecule has 0 aromatic heterocycles. The van der Waals surface area contributed by atoms with E-state index in [-0.39, 0.29) is 34.7 Å². The van der Waals surface area contributed by atoms with Crippen molar-refractivity contribution in [2.24, 2.45) is 5.92 Å². The minimum Gasteiger partial charge on any atom is -0.493 e. The van der Waals surface area contributed by atoms with E-state index in [0.29, 0.717) is 17.3 Å². The summed E-state index contributed by atoms with van der Waals surface area (Å²) in [5.74, 6) is -0.0883. The predicted molar refractivity (Wildman–Crippen MR) is 165 cm³/mol. The van der Waals surface area contributed by atoms with Gasteiger partial charge in [-0.25, -0.2) is 8.42 Å². The van der Waals surface area contributed by atoms with Gasteiger partial charge >= 0.3 is 0 Å². The molecule has 0 aliphatic rings. The van der Waals surface area contributed by atoms with Crippen LogP contribution in [0, 0.1) is 12.8 Å². The number of benzene rings is 3.